The molecule has 0 atom stereocenters. The number of rotatable bonds is 6. The van der Waals surface area contributed by atoms with Crippen molar-refractivity contribution >= 4 is 23.1 Å². The fourth-order valence-electron chi connectivity index (χ4n) is 2.87. The Morgan fingerprint density at radius 3 is 2.76 bits per heavy atom. The molecule has 0 radical (unpaired) electrons. The van der Waals surface area contributed by atoms with E-state index in [4.69, 9.17) is 21.1 Å². The van der Waals surface area contributed by atoms with Crippen LogP contribution in [-0.4, -0.2) is 22.1 Å². The molecular formula is C25H18ClFN4O2. The lowest BCUT2D eigenvalue weighted by molar-refractivity contribution is 0.306. The molecule has 33 heavy (non-hydrogen) atoms. The summed E-state index contributed by atoms with van der Waals surface area (Å²) in [4.78, 5) is 12.6. The Bertz CT molecular complexity index is 1340. The summed E-state index contributed by atoms with van der Waals surface area (Å²) in [6.07, 6.45) is 3.04. The van der Waals surface area contributed by atoms with Crippen LogP contribution in [0.15, 0.2) is 73.2 Å². The maximum atomic E-state index is 13.3. The van der Waals surface area contributed by atoms with Gasteiger partial charge in [0.1, 0.15) is 36.0 Å². The van der Waals surface area contributed by atoms with E-state index in [9.17, 15) is 4.39 Å². The molecule has 0 unspecified atom stereocenters. The molecule has 0 spiro atoms. The fourth-order valence-corrected chi connectivity index (χ4v) is 3.11. The average molecular weight is 461 g/mol. The van der Waals surface area contributed by atoms with Gasteiger partial charge in [-0.25, -0.2) is 19.3 Å². The number of hydrogen-bond donors (Lipinski definition) is 1. The maximum absolute atomic E-state index is 13.3. The summed E-state index contributed by atoms with van der Waals surface area (Å²) in [5.41, 5.74) is 2.55. The highest BCUT2D eigenvalue weighted by molar-refractivity contribution is 6.32. The Morgan fingerprint density at radius 2 is 1.94 bits per heavy atom. The average Bonchev–Trinajstić information content (AvgIpc) is 2.83. The van der Waals surface area contributed by atoms with Crippen molar-refractivity contribution in [2.24, 2.45) is 0 Å². The van der Waals surface area contributed by atoms with E-state index in [2.05, 4.69) is 32.1 Å². The van der Waals surface area contributed by atoms with Gasteiger partial charge in [0.05, 0.1) is 17.7 Å². The van der Waals surface area contributed by atoms with Crippen molar-refractivity contribution in [3.05, 3.63) is 101 Å². The Morgan fingerprint density at radius 1 is 1.06 bits per heavy atom. The molecule has 164 valence electrons. The Balaban J connectivity index is 1.48. The summed E-state index contributed by atoms with van der Waals surface area (Å²) >= 11 is 6.38. The van der Waals surface area contributed by atoms with Gasteiger partial charge < -0.3 is 14.8 Å². The molecule has 1 N–H and O–H groups in total. The van der Waals surface area contributed by atoms with Gasteiger partial charge in [-0.15, -0.1) is 0 Å². The van der Waals surface area contributed by atoms with Crippen LogP contribution in [0.4, 0.5) is 15.9 Å². The van der Waals surface area contributed by atoms with Crippen molar-refractivity contribution in [1.29, 1.82) is 0 Å². The lowest BCUT2D eigenvalue weighted by atomic mass is 10.2. The molecular weight excluding hydrogens is 443 g/mol. The highest BCUT2D eigenvalue weighted by atomic mass is 35.5. The number of benzene rings is 2. The van der Waals surface area contributed by atoms with Crippen molar-refractivity contribution in [3.8, 4) is 23.5 Å². The molecule has 2 aromatic heterocycles. The first-order chi connectivity index (χ1) is 16.1. The van der Waals surface area contributed by atoms with E-state index in [1.54, 1.807) is 55.8 Å². The smallest absolute Gasteiger partial charge is 0.214 e. The van der Waals surface area contributed by atoms with Crippen LogP contribution >= 0.6 is 11.6 Å². The second-order valence-corrected chi connectivity index (χ2v) is 7.20. The fraction of sp³-hybridized carbons (Fsp3) is 0.0800. The lowest BCUT2D eigenvalue weighted by Crippen LogP contribution is -1.99. The first-order valence-corrected chi connectivity index (χ1v) is 10.3. The Labute approximate surface area is 195 Å². The Kier molecular flexibility index (Phi) is 6.98. The first-order valence-electron chi connectivity index (χ1n) is 9.87. The number of ether oxygens (including phenoxy) is 2. The topological polar surface area (TPSA) is 69.2 Å². The van der Waals surface area contributed by atoms with Gasteiger partial charge in [0.2, 0.25) is 5.88 Å². The zero-order valence-corrected chi connectivity index (χ0v) is 18.3. The lowest BCUT2D eigenvalue weighted by Gasteiger charge is -2.11. The van der Waals surface area contributed by atoms with Crippen molar-refractivity contribution in [1.82, 2.24) is 15.0 Å². The van der Waals surface area contributed by atoms with Crippen molar-refractivity contribution < 1.29 is 13.9 Å². The number of nitrogens with zero attached hydrogens (tertiary/aromatic N) is 3. The summed E-state index contributed by atoms with van der Waals surface area (Å²) in [7, 11) is 1.55. The second-order valence-electron chi connectivity index (χ2n) is 6.79. The molecule has 0 amide bonds. The third kappa shape index (κ3) is 5.97. The predicted octanol–water partition coefficient (Wildman–Crippen LogP) is 5.40. The van der Waals surface area contributed by atoms with Crippen molar-refractivity contribution in [3.63, 3.8) is 0 Å². The highest BCUT2D eigenvalue weighted by Crippen LogP contribution is 2.30. The van der Waals surface area contributed by atoms with Crippen LogP contribution in [0.1, 0.15) is 16.8 Å². The highest BCUT2D eigenvalue weighted by Gasteiger charge is 2.07. The molecule has 0 fully saturated rings. The molecule has 4 rings (SSSR count). The van der Waals surface area contributed by atoms with Crippen LogP contribution in [-0.2, 0) is 6.61 Å². The van der Waals surface area contributed by atoms with E-state index in [0.717, 1.165) is 0 Å². The van der Waals surface area contributed by atoms with Crippen LogP contribution in [0.5, 0.6) is 11.6 Å². The van der Waals surface area contributed by atoms with Gasteiger partial charge in [-0.1, -0.05) is 35.7 Å². The van der Waals surface area contributed by atoms with E-state index in [0.29, 0.717) is 45.0 Å². The summed E-state index contributed by atoms with van der Waals surface area (Å²) in [5.74, 6) is 7.19. The second kappa shape index (κ2) is 10.4. The molecule has 0 aliphatic carbocycles. The number of aromatic nitrogens is 3. The molecule has 0 aliphatic heterocycles. The number of halogens is 2. The number of nitrogens with one attached hydrogen (secondary N) is 1. The van der Waals surface area contributed by atoms with E-state index < -0.39 is 0 Å². The van der Waals surface area contributed by atoms with Gasteiger partial charge in [0.15, 0.2) is 0 Å². The van der Waals surface area contributed by atoms with Gasteiger partial charge in [0.25, 0.3) is 0 Å². The van der Waals surface area contributed by atoms with Crippen molar-refractivity contribution in [2.45, 2.75) is 6.61 Å². The first kappa shape index (κ1) is 22.1. The third-order valence-electron chi connectivity index (χ3n) is 4.45. The van der Waals surface area contributed by atoms with Gasteiger partial charge >= 0.3 is 0 Å². The summed E-state index contributed by atoms with van der Waals surface area (Å²) < 4.78 is 24.2. The zero-order chi connectivity index (χ0) is 23.0. The molecule has 2 heterocycles. The monoisotopic (exact) mass is 460 g/mol. The molecule has 6 nitrogen and oxygen atoms in total. The van der Waals surface area contributed by atoms with E-state index in [-0.39, 0.29) is 12.4 Å². The molecule has 0 saturated heterocycles. The van der Waals surface area contributed by atoms with Crippen LogP contribution in [0, 0.1) is 17.7 Å². The zero-order valence-electron chi connectivity index (χ0n) is 17.5. The van der Waals surface area contributed by atoms with Crippen molar-refractivity contribution in [2.75, 3.05) is 12.4 Å². The van der Waals surface area contributed by atoms with Crippen LogP contribution < -0.4 is 14.8 Å². The van der Waals surface area contributed by atoms with Crippen LogP contribution in [0.3, 0.4) is 0 Å². The number of pyridine rings is 1. The minimum Gasteiger partial charge on any atom is -0.487 e. The molecule has 2 aromatic carbocycles. The standard InChI is InChI=1S/C25H18ClFN4O2/c1-32-24-7-3-6-20(30-24)9-8-18-14-28-16-29-25(18)31-21-10-11-23(22(26)13-21)33-15-17-4-2-5-19(27)12-17/h2-7,10-14,16H,15H2,1H3,(H,28,29,31). The Hall–Kier alpha value is -4.15. The minimum absolute atomic E-state index is 0.203. The predicted molar refractivity (Wildman–Crippen MR) is 124 cm³/mol. The minimum atomic E-state index is -0.312. The molecule has 8 heteroatoms. The number of methoxy groups -OCH3 is 1. The summed E-state index contributed by atoms with van der Waals surface area (Å²) in [6, 6.07) is 16.8. The maximum Gasteiger partial charge on any atom is 0.214 e. The van der Waals surface area contributed by atoms with E-state index in [1.807, 2.05) is 6.07 Å². The molecule has 0 bridgehead atoms. The molecule has 0 saturated carbocycles. The van der Waals surface area contributed by atoms with Gasteiger partial charge in [-0.2, -0.15) is 0 Å². The van der Waals surface area contributed by atoms with E-state index >= 15 is 0 Å². The largest absolute Gasteiger partial charge is 0.487 e. The van der Waals surface area contributed by atoms with E-state index in [1.165, 1.54) is 18.5 Å². The molecule has 4 aromatic rings. The normalized spacial score (nSPS) is 10.2. The van der Waals surface area contributed by atoms with Gasteiger partial charge in [-0.3, -0.25) is 0 Å². The van der Waals surface area contributed by atoms with Gasteiger partial charge in [0, 0.05) is 18.0 Å². The quantitative estimate of drug-likeness (QED) is 0.389. The SMILES string of the molecule is COc1cccc(C#Cc2cncnc2Nc2ccc(OCc3cccc(F)c3)c(Cl)c2)n1. The number of hydrogen-bond acceptors (Lipinski definition) is 6. The summed E-state index contributed by atoms with van der Waals surface area (Å²) in [5, 5.41) is 3.59. The van der Waals surface area contributed by atoms with Crippen LogP contribution in [0.25, 0.3) is 0 Å². The van der Waals surface area contributed by atoms with Gasteiger partial charge in [-0.05, 0) is 47.9 Å². The number of anilines is 2. The molecule has 0 aliphatic rings. The third-order valence-corrected chi connectivity index (χ3v) is 4.74. The summed E-state index contributed by atoms with van der Waals surface area (Å²) in [6.45, 7) is 0.203. The van der Waals surface area contributed by atoms with Crippen LogP contribution in [0.2, 0.25) is 5.02 Å².